The molecule has 2 aromatic rings. The van der Waals surface area contributed by atoms with Crippen molar-refractivity contribution in [3.8, 4) is 0 Å². The monoisotopic (exact) mass is 417 g/mol. The molecule has 1 aliphatic rings. The average molecular weight is 417 g/mol. The molecule has 29 heavy (non-hydrogen) atoms. The van der Waals surface area contributed by atoms with Crippen LogP contribution in [0.25, 0.3) is 0 Å². The lowest BCUT2D eigenvalue weighted by Crippen LogP contribution is -2.47. The lowest BCUT2D eigenvalue weighted by Gasteiger charge is -2.37. The molecular formula is C20H23N3O5S. The van der Waals surface area contributed by atoms with Gasteiger partial charge in [0.05, 0.1) is 9.82 Å². The molecule has 0 unspecified atom stereocenters. The van der Waals surface area contributed by atoms with Gasteiger partial charge in [-0.15, -0.1) is 0 Å². The van der Waals surface area contributed by atoms with Gasteiger partial charge in [-0.25, -0.2) is 8.42 Å². The van der Waals surface area contributed by atoms with Gasteiger partial charge in [0.1, 0.15) is 5.69 Å². The van der Waals surface area contributed by atoms with Gasteiger partial charge in [-0.2, -0.15) is 0 Å². The highest BCUT2D eigenvalue weighted by atomic mass is 32.2. The number of hydrogen-bond acceptors (Lipinski definition) is 6. The van der Waals surface area contributed by atoms with Crippen molar-refractivity contribution in [3.63, 3.8) is 0 Å². The van der Waals surface area contributed by atoms with Crippen LogP contribution in [0.5, 0.6) is 0 Å². The summed E-state index contributed by atoms with van der Waals surface area (Å²) < 4.78 is 23.6. The van der Waals surface area contributed by atoms with Crippen LogP contribution >= 0.6 is 0 Å². The number of nitrogens with one attached hydrogen (secondary N) is 1. The SMILES string of the molecule is CS(=O)(=O)c1ccc(N2CCCC[C@@H]2CNC(=O)c2ccccc2)c([N+](=O)[O-])c1. The molecule has 1 fully saturated rings. The van der Waals surface area contributed by atoms with Gasteiger partial charge in [-0.3, -0.25) is 14.9 Å². The van der Waals surface area contributed by atoms with E-state index in [0.29, 0.717) is 24.3 Å². The summed E-state index contributed by atoms with van der Waals surface area (Å²) in [4.78, 5) is 25.2. The van der Waals surface area contributed by atoms with E-state index in [1.165, 1.54) is 12.1 Å². The minimum absolute atomic E-state index is 0.0844. The molecule has 0 aromatic heterocycles. The number of benzene rings is 2. The van der Waals surface area contributed by atoms with Crippen molar-refractivity contribution in [2.45, 2.75) is 30.2 Å². The quantitative estimate of drug-likeness (QED) is 0.572. The number of rotatable bonds is 6. The van der Waals surface area contributed by atoms with Crippen LogP contribution in [0.3, 0.4) is 0 Å². The zero-order valence-corrected chi connectivity index (χ0v) is 16.9. The number of hydrogen-bond donors (Lipinski definition) is 1. The normalized spacial score (nSPS) is 17.0. The van der Waals surface area contributed by atoms with E-state index in [0.717, 1.165) is 31.6 Å². The summed E-state index contributed by atoms with van der Waals surface area (Å²) in [6, 6.07) is 12.7. The maximum Gasteiger partial charge on any atom is 0.293 e. The second kappa shape index (κ2) is 8.60. The van der Waals surface area contributed by atoms with Crippen LogP contribution in [-0.4, -0.2) is 44.6 Å². The number of piperidine rings is 1. The first kappa shape index (κ1) is 20.8. The molecule has 1 heterocycles. The Hall–Kier alpha value is -2.94. The summed E-state index contributed by atoms with van der Waals surface area (Å²) in [5.74, 6) is -0.196. The number of anilines is 1. The number of nitro groups is 1. The Bertz CT molecular complexity index is 1010. The first-order valence-electron chi connectivity index (χ1n) is 9.36. The molecule has 2 aromatic carbocycles. The van der Waals surface area contributed by atoms with Crippen LogP contribution < -0.4 is 10.2 Å². The van der Waals surface area contributed by atoms with Crippen molar-refractivity contribution < 1.29 is 18.1 Å². The predicted octanol–water partition coefficient (Wildman–Crippen LogP) is 2.79. The number of carbonyl (C=O) groups excluding carboxylic acids is 1. The molecule has 154 valence electrons. The van der Waals surface area contributed by atoms with Crippen molar-refractivity contribution in [1.82, 2.24) is 5.32 Å². The van der Waals surface area contributed by atoms with Crippen LogP contribution in [0, 0.1) is 10.1 Å². The smallest absolute Gasteiger partial charge is 0.293 e. The van der Waals surface area contributed by atoms with Crippen molar-refractivity contribution >= 4 is 27.1 Å². The van der Waals surface area contributed by atoms with Crippen LogP contribution in [-0.2, 0) is 9.84 Å². The van der Waals surface area contributed by atoms with E-state index in [1.54, 1.807) is 24.3 Å². The van der Waals surface area contributed by atoms with Gasteiger partial charge in [-0.1, -0.05) is 18.2 Å². The Labute approximate surface area is 169 Å². The highest BCUT2D eigenvalue weighted by Gasteiger charge is 2.29. The van der Waals surface area contributed by atoms with E-state index >= 15 is 0 Å². The van der Waals surface area contributed by atoms with E-state index < -0.39 is 14.8 Å². The fourth-order valence-corrected chi connectivity index (χ4v) is 4.20. The third kappa shape index (κ3) is 4.92. The van der Waals surface area contributed by atoms with Gasteiger partial charge in [-0.05, 0) is 43.5 Å². The van der Waals surface area contributed by atoms with Crippen molar-refractivity contribution in [3.05, 3.63) is 64.2 Å². The second-order valence-electron chi connectivity index (χ2n) is 7.10. The number of nitro benzene ring substituents is 1. The molecule has 0 aliphatic carbocycles. The van der Waals surface area contributed by atoms with E-state index in [-0.39, 0.29) is 22.5 Å². The summed E-state index contributed by atoms with van der Waals surface area (Å²) in [6.07, 6.45) is 3.63. The molecule has 1 atom stereocenters. The van der Waals surface area contributed by atoms with E-state index in [1.807, 2.05) is 11.0 Å². The Kier molecular flexibility index (Phi) is 6.17. The van der Waals surface area contributed by atoms with Gasteiger partial charge < -0.3 is 10.2 Å². The van der Waals surface area contributed by atoms with Gasteiger partial charge >= 0.3 is 0 Å². The molecule has 0 bridgehead atoms. The summed E-state index contributed by atoms with van der Waals surface area (Å²) in [5, 5.41) is 14.5. The first-order chi connectivity index (χ1) is 13.8. The topological polar surface area (TPSA) is 110 Å². The molecule has 3 rings (SSSR count). The minimum Gasteiger partial charge on any atom is -0.361 e. The maximum atomic E-state index is 12.4. The third-order valence-electron chi connectivity index (χ3n) is 5.04. The van der Waals surface area contributed by atoms with E-state index in [4.69, 9.17) is 0 Å². The lowest BCUT2D eigenvalue weighted by molar-refractivity contribution is -0.384. The van der Waals surface area contributed by atoms with E-state index in [2.05, 4.69) is 5.32 Å². The number of sulfone groups is 1. The van der Waals surface area contributed by atoms with Gasteiger partial charge in [0.25, 0.3) is 11.6 Å². The molecule has 1 saturated heterocycles. The highest BCUT2D eigenvalue weighted by molar-refractivity contribution is 7.90. The zero-order valence-electron chi connectivity index (χ0n) is 16.1. The fraction of sp³-hybridized carbons (Fsp3) is 0.350. The van der Waals surface area contributed by atoms with E-state index in [9.17, 15) is 23.3 Å². The zero-order chi connectivity index (χ0) is 21.0. The Morgan fingerprint density at radius 2 is 1.93 bits per heavy atom. The highest BCUT2D eigenvalue weighted by Crippen LogP contribution is 2.34. The summed E-state index contributed by atoms with van der Waals surface area (Å²) >= 11 is 0. The van der Waals surface area contributed by atoms with Crippen LogP contribution in [0.1, 0.15) is 29.6 Å². The third-order valence-corrected chi connectivity index (χ3v) is 6.15. The van der Waals surface area contributed by atoms with Crippen molar-refractivity contribution in [2.75, 3.05) is 24.2 Å². The van der Waals surface area contributed by atoms with Crippen LogP contribution in [0.15, 0.2) is 53.4 Å². The molecule has 1 aliphatic heterocycles. The lowest BCUT2D eigenvalue weighted by atomic mass is 10.0. The summed E-state index contributed by atoms with van der Waals surface area (Å²) in [6.45, 7) is 0.948. The second-order valence-corrected chi connectivity index (χ2v) is 9.11. The molecule has 1 amide bonds. The number of carbonyl (C=O) groups is 1. The van der Waals surface area contributed by atoms with Crippen molar-refractivity contribution in [2.24, 2.45) is 0 Å². The number of nitrogens with zero attached hydrogens (tertiary/aromatic N) is 2. The summed E-state index contributed by atoms with van der Waals surface area (Å²) in [5.41, 5.74) is 0.689. The molecule has 9 heteroatoms. The Balaban J connectivity index is 1.84. The van der Waals surface area contributed by atoms with Crippen LogP contribution in [0.2, 0.25) is 0 Å². The average Bonchev–Trinajstić information content (AvgIpc) is 2.71. The van der Waals surface area contributed by atoms with Gasteiger partial charge in [0.15, 0.2) is 9.84 Å². The molecule has 8 nitrogen and oxygen atoms in total. The molecule has 0 saturated carbocycles. The van der Waals surface area contributed by atoms with Gasteiger partial charge in [0, 0.05) is 37.0 Å². The fourth-order valence-electron chi connectivity index (χ4n) is 3.56. The molecule has 0 radical (unpaired) electrons. The maximum absolute atomic E-state index is 12.4. The molecular weight excluding hydrogens is 394 g/mol. The predicted molar refractivity (Wildman–Crippen MR) is 110 cm³/mol. The standard InChI is InChI=1S/C20H23N3O5S/c1-29(27,28)17-10-11-18(19(13-17)23(25)26)22-12-6-5-9-16(22)14-21-20(24)15-7-3-2-4-8-15/h2-4,7-8,10-11,13,16H,5-6,9,12,14H2,1H3,(H,21,24)/t16-/m1/s1. The first-order valence-corrected chi connectivity index (χ1v) is 11.2. The van der Waals surface area contributed by atoms with Crippen LogP contribution in [0.4, 0.5) is 11.4 Å². The van der Waals surface area contributed by atoms with Gasteiger partial charge in [0.2, 0.25) is 0 Å². The largest absolute Gasteiger partial charge is 0.361 e. The minimum atomic E-state index is -3.55. The molecule has 1 N–H and O–H groups in total. The molecule has 0 spiro atoms. The Morgan fingerprint density at radius 1 is 1.21 bits per heavy atom. The summed E-state index contributed by atoms with van der Waals surface area (Å²) in [7, 11) is -3.55. The number of amides is 1. The van der Waals surface area contributed by atoms with Crippen molar-refractivity contribution in [1.29, 1.82) is 0 Å². The Morgan fingerprint density at radius 3 is 2.59 bits per heavy atom.